The number of aryl methyl sites for hydroxylation is 1. The molecule has 2 aromatic rings. The highest BCUT2D eigenvalue weighted by atomic mass is 32.1. The van der Waals surface area contributed by atoms with Gasteiger partial charge in [0.05, 0.1) is 19.3 Å². The minimum absolute atomic E-state index is 0.0224. The minimum atomic E-state index is -0.0224. The quantitative estimate of drug-likeness (QED) is 0.603. The molecule has 1 saturated heterocycles. The molecule has 4 rings (SSSR count). The van der Waals surface area contributed by atoms with Gasteiger partial charge in [0.15, 0.2) is 5.96 Å². The van der Waals surface area contributed by atoms with Crippen LogP contribution in [0.1, 0.15) is 28.5 Å². The molecule has 0 aliphatic carbocycles. The second-order valence-corrected chi connectivity index (χ2v) is 8.41. The summed E-state index contributed by atoms with van der Waals surface area (Å²) in [6, 6.07) is 2.14. The number of aliphatic imine (C=N–C) groups is 1. The number of carbonyl (C=O) groups excluding carboxylic acids is 1. The molecular weight excluding hydrogens is 388 g/mol. The zero-order valence-corrected chi connectivity index (χ0v) is 17.8. The van der Waals surface area contributed by atoms with Crippen LogP contribution in [-0.2, 0) is 29.5 Å². The Balaban J connectivity index is 1.26. The molecule has 1 atom stereocenters. The van der Waals surface area contributed by atoms with Crippen molar-refractivity contribution in [2.75, 3.05) is 39.8 Å². The number of carbonyl (C=O) groups is 1. The molecule has 4 heterocycles. The maximum atomic E-state index is 12.6. The molecule has 0 spiro atoms. The fourth-order valence-electron chi connectivity index (χ4n) is 3.88. The smallest absolute Gasteiger partial charge is 0.224 e. The molecule has 0 radical (unpaired) electrons. The third kappa shape index (κ3) is 4.62. The van der Waals surface area contributed by atoms with E-state index in [-0.39, 0.29) is 12.0 Å². The molecule has 0 saturated carbocycles. The summed E-state index contributed by atoms with van der Waals surface area (Å²) < 4.78 is 7.70. The largest absolute Gasteiger partial charge is 0.370 e. The lowest BCUT2D eigenvalue weighted by Crippen LogP contribution is -2.48. The Bertz CT molecular complexity index is 876. The van der Waals surface area contributed by atoms with Crippen molar-refractivity contribution >= 4 is 23.2 Å². The maximum Gasteiger partial charge on any atom is 0.224 e. The Morgan fingerprint density at radius 1 is 1.41 bits per heavy atom. The molecule has 2 aliphatic heterocycles. The van der Waals surface area contributed by atoms with Gasteiger partial charge >= 0.3 is 0 Å². The van der Waals surface area contributed by atoms with Crippen molar-refractivity contribution < 1.29 is 9.53 Å². The van der Waals surface area contributed by atoms with Crippen molar-refractivity contribution in [2.45, 2.75) is 25.5 Å². The van der Waals surface area contributed by atoms with Crippen molar-refractivity contribution in [2.24, 2.45) is 12.0 Å². The maximum absolute atomic E-state index is 12.6. The molecule has 1 amide bonds. The third-order valence-corrected chi connectivity index (χ3v) is 6.48. The Labute approximate surface area is 175 Å². The number of rotatable bonds is 4. The van der Waals surface area contributed by atoms with E-state index in [9.17, 15) is 4.79 Å². The van der Waals surface area contributed by atoms with Crippen LogP contribution in [0.2, 0.25) is 0 Å². The summed E-state index contributed by atoms with van der Waals surface area (Å²) in [7, 11) is 3.69. The zero-order chi connectivity index (χ0) is 20.2. The van der Waals surface area contributed by atoms with Gasteiger partial charge < -0.3 is 19.9 Å². The standard InChI is InChI=1S/C20H28N6O2S/c1-21-20(26-8-9-28-17(14-26)16-11-23-24(2)12-16)22-6-3-19(27)25-7-4-18-15(13-25)5-10-29-18/h5,10-12,17H,3-4,6-9,13-14H2,1-2H3,(H,21,22). The van der Waals surface area contributed by atoms with E-state index < -0.39 is 0 Å². The summed E-state index contributed by atoms with van der Waals surface area (Å²) in [5.74, 6) is 1.01. The lowest BCUT2D eigenvalue weighted by Gasteiger charge is -2.35. The number of nitrogens with one attached hydrogen (secondary N) is 1. The van der Waals surface area contributed by atoms with Crippen molar-refractivity contribution in [3.05, 3.63) is 39.8 Å². The molecule has 1 unspecified atom stereocenters. The Hall–Kier alpha value is -2.39. The van der Waals surface area contributed by atoms with Crippen LogP contribution in [0, 0.1) is 0 Å². The second-order valence-electron chi connectivity index (χ2n) is 7.41. The summed E-state index contributed by atoms with van der Waals surface area (Å²) in [5, 5.41) is 9.71. The van der Waals surface area contributed by atoms with Crippen LogP contribution in [0.4, 0.5) is 0 Å². The molecule has 0 aromatic carbocycles. The summed E-state index contributed by atoms with van der Waals surface area (Å²) in [6.07, 6.45) is 5.25. The normalized spacial score (nSPS) is 19.9. The molecule has 1 N–H and O–H groups in total. The number of hydrogen-bond acceptors (Lipinski definition) is 5. The minimum Gasteiger partial charge on any atom is -0.370 e. The first-order chi connectivity index (χ1) is 14.1. The number of fused-ring (bicyclic) bond motifs is 1. The highest BCUT2D eigenvalue weighted by Crippen LogP contribution is 2.24. The van der Waals surface area contributed by atoms with Crippen LogP contribution in [0.25, 0.3) is 0 Å². The van der Waals surface area contributed by atoms with E-state index in [0.717, 1.165) is 37.6 Å². The van der Waals surface area contributed by atoms with E-state index in [1.165, 1.54) is 10.4 Å². The average molecular weight is 417 g/mol. The third-order valence-electron chi connectivity index (χ3n) is 5.46. The number of amides is 1. The highest BCUT2D eigenvalue weighted by Gasteiger charge is 2.25. The predicted molar refractivity (Wildman–Crippen MR) is 113 cm³/mol. The summed E-state index contributed by atoms with van der Waals surface area (Å²) in [4.78, 5) is 22.6. The van der Waals surface area contributed by atoms with Gasteiger partial charge in [0.25, 0.3) is 0 Å². The molecule has 2 aromatic heterocycles. The Morgan fingerprint density at radius 2 is 2.31 bits per heavy atom. The second kappa shape index (κ2) is 8.96. The van der Waals surface area contributed by atoms with Crippen LogP contribution in [-0.4, -0.2) is 71.3 Å². The fraction of sp³-hybridized carbons (Fsp3) is 0.550. The van der Waals surface area contributed by atoms with Gasteiger partial charge in [0.2, 0.25) is 5.91 Å². The van der Waals surface area contributed by atoms with E-state index in [1.807, 2.05) is 24.3 Å². The first-order valence-corrected chi connectivity index (χ1v) is 10.9. The lowest BCUT2D eigenvalue weighted by molar-refractivity contribution is -0.131. The topological polar surface area (TPSA) is 75.0 Å². The lowest BCUT2D eigenvalue weighted by atomic mass is 10.1. The van der Waals surface area contributed by atoms with Gasteiger partial charge in [-0.1, -0.05) is 0 Å². The van der Waals surface area contributed by atoms with Gasteiger partial charge in [0, 0.05) is 63.3 Å². The molecule has 29 heavy (non-hydrogen) atoms. The number of guanidine groups is 1. The van der Waals surface area contributed by atoms with Gasteiger partial charge in [-0.2, -0.15) is 5.10 Å². The average Bonchev–Trinajstić information content (AvgIpc) is 3.39. The first kappa shape index (κ1) is 19.9. The number of aromatic nitrogens is 2. The SMILES string of the molecule is CN=C(NCCC(=O)N1CCc2sccc2C1)N1CCOC(c2cnn(C)c2)C1. The van der Waals surface area contributed by atoms with Crippen LogP contribution in [0.3, 0.4) is 0 Å². The monoisotopic (exact) mass is 416 g/mol. The Morgan fingerprint density at radius 3 is 3.10 bits per heavy atom. The number of hydrogen-bond donors (Lipinski definition) is 1. The van der Waals surface area contributed by atoms with Crippen LogP contribution in [0.5, 0.6) is 0 Å². The van der Waals surface area contributed by atoms with E-state index in [0.29, 0.717) is 26.1 Å². The van der Waals surface area contributed by atoms with Crippen LogP contribution >= 0.6 is 11.3 Å². The van der Waals surface area contributed by atoms with Crippen molar-refractivity contribution in [3.8, 4) is 0 Å². The summed E-state index contributed by atoms with van der Waals surface area (Å²) in [6.45, 7) is 4.26. The zero-order valence-electron chi connectivity index (χ0n) is 17.0. The molecule has 1 fully saturated rings. The molecular formula is C20H28N6O2S. The van der Waals surface area contributed by atoms with Gasteiger partial charge in [-0.05, 0) is 23.4 Å². The molecule has 0 bridgehead atoms. The van der Waals surface area contributed by atoms with Crippen molar-refractivity contribution in [1.29, 1.82) is 0 Å². The number of morpholine rings is 1. The number of nitrogens with zero attached hydrogens (tertiary/aromatic N) is 5. The van der Waals surface area contributed by atoms with Gasteiger partial charge in [-0.3, -0.25) is 14.5 Å². The van der Waals surface area contributed by atoms with E-state index in [4.69, 9.17) is 4.74 Å². The Kier molecular flexibility index (Phi) is 6.15. The molecule has 156 valence electrons. The van der Waals surface area contributed by atoms with Crippen molar-refractivity contribution in [3.63, 3.8) is 0 Å². The molecule has 9 heteroatoms. The van der Waals surface area contributed by atoms with E-state index in [1.54, 1.807) is 23.1 Å². The van der Waals surface area contributed by atoms with E-state index >= 15 is 0 Å². The van der Waals surface area contributed by atoms with Gasteiger partial charge in [-0.15, -0.1) is 11.3 Å². The number of thiophene rings is 1. The number of ether oxygens (including phenoxy) is 1. The van der Waals surface area contributed by atoms with Crippen LogP contribution in [0.15, 0.2) is 28.8 Å². The highest BCUT2D eigenvalue weighted by molar-refractivity contribution is 7.10. The first-order valence-electron chi connectivity index (χ1n) is 10.0. The van der Waals surface area contributed by atoms with Crippen molar-refractivity contribution in [1.82, 2.24) is 24.9 Å². The van der Waals surface area contributed by atoms with Gasteiger partial charge in [-0.25, -0.2) is 0 Å². The van der Waals surface area contributed by atoms with Crippen LogP contribution < -0.4 is 5.32 Å². The summed E-state index contributed by atoms with van der Waals surface area (Å²) in [5.41, 5.74) is 2.37. The molecule has 2 aliphatic rings. The molecule has 8 nitrogen and oxygen atoms in total. The van der Waals surface area contributed by atoms with Gasteiger partial charge in [0.1, 0.15) is 6.10 Å². The fourth-order valence-corrected chi connectivity index (χ4v) is 4.77. The predicted octanol–water partition coefficient (Wildman–Crippen LogP) is 1.41. The summed E-state index contributed by atoms with van der Waals surface area (Å²) >= 11 is 1.79. The van der Waals surface area contributed by atoms with E-state index in [2.05, 4.69) is 31.8 Å².